The summed E-state index contributed by atoms with van der Waals surface area (Å²) in [5.74, 6) is 0.483. The molecule has 84 valence electrons. The minimum atomic E-state index is 0.483. The molecule has 1 aromatic carbocycles. The number of aromatic hydroxyl groups is 1. The first kappa shape index (κ1) is 12.8. The van der Waals surface area contributed by atoms with Crippen LogP contribution in [0.1, 0.15) is 23.1 Å². The number of benzene rings is 1. The van der Waals surface area contributed by atoms with Crippen LogP contribution in [0.3, 0.4) is 0 Å². The van der Waals surface area contributed by atoms with Crippen molar-refractivity contribution in [2.24, 2.45) is 0 Å². The van der Waals surface area contributed by atoms with Gasteiger partial charge in [-0.05, 0) is 85.6 Å². The van der Waals surface area contributed by atoms with Gasteiger partial charge in [-0.15, -0.1) is 0 Å². The maximum Gasteiger partial charge on any atom is 0.132 e. The molecular formula is C12H18INO. The van der Waals surface area contributed by atoms with E-state index in [9.17, 15) is 5.11 Å². The van der Waals surface area contributed by atoms with Gasteiger partial charge in [-0.3, -0.25) is 0 Å². The van der Waals surface area contributed by atoms with Crippen molar-refractivity contribution in [1.29, 1.82) is 0 Å². The fourth-order valence-electron chi connectivity index (χ4n) is 1.90. The number of phenolic OH excluding ortho intramolecular Hbond substituents is 1. The average Bonchev–Trinajstić information content (AvgIpc) is 2.63. The van der Waals surface area contributed by atoms with Crippen molar-refractivity contribution in [2.45, 2.75) is 26.2 Å². The van der Waals surface area contributed by atoms with Gasteiger partial charge in [0.05, 0.1) is 3.57 Å². The zero-order valence-corrected chi connectivity index (χ0v) is 11.7. The van der Waals surface area contributed by atoms with Crippen molar-refractivity contribution in [3.63, 3.8) is 0 Å². The monoisotopic (exact) mass is 319 g/mol. The molecule has 2 N–H and O–H groups in total. The van der Waals surface area contributed by atoms with E-state index < -0.39 is 0 Å². The molecule has 2 rings (SSSR count). The van der Waals surface area contributed by atoms with E-state index in [-0.39, 0.29) is 0 Å². The van der Waals surface area contributed by atoms with Gasteiger partial charge in [0.15, 0.2) is 0 Å². The van der Waals surface area contributed by atoms with E-state index in [0.717, 1.165) is 15.6 Å². The Labute approximate surface area is 105 Å². The third-order valence-electron chi connectivity index (χ3n) is 2.60. The number of halogens is 1. The Morgan fingerprint density at radius 1 is 1.33 bits per heavy atom. The molecule has 0 spiro atoms. The van der Waals surface area contributed by atoms with E-state index in [0.29, 0.717) is 5.75 Å². The summed E-state index contributed by atoms with van der Waals surface area (Å²) < 4.78 is 0.991. The first-order valence-electron chi connectivity index (χ1n) is 5.20. The molecular weight excluding hydrogens is 301 g/mol. The van der Waals surface area contributed by atoms with Crippen LogP contribution in [0.15, 0.2) is 6.07 Å². The Bertz CT molecular complexity index is 350. The summed E-state index contributed by atoms with van der Waals surface area (Å²) in [5.41, 5.74) is 3.91. The van der Waals surface area contributed by atoms with Crippen LogP contribution in [0.4, 0.5) is 0 Å². The van der Waals surface area contributed by atoms with E-state index >= 15 is 0 Å². The fourth-order valence-corrected chi connectivity index (χ4v) is 2.68. The Morgan fingerprint density at radius 3 is 2.53 bits per heavy atom. The van der Waals surface area contributed by atoms with Gasteiger partial charge in [-0.1, -0.05) is 0 Å². The van der Waals surface area contributed by atoms with Crippen LogP contribution in [0, 0.1) is 10.5 Å². The Balaban J connectivity index is 0.000000337. The fraction of sp³-hybridized carbons (Fsp3) is 0.500. The third kappa shape index (κ3) is 2.84. The molecule has 0 amide bonds. The van der Waals surface area contributed by atoms with E-state index in [1.807, 2.05) is 21.0 Å². The molecule has 1 aromatic rings. The molecule has 0 aromatic heterocycles. The van der Waals surface area contributed by atoms with Gasteiger partial charge in [0.2, 0.25) is 0 Å². The van der Waals surface area contributed by atoms with Crippen molar-refractivity contribution >= 4 is 22.6 Å². The Morgan fingerprint density at radius 2 is 1.93 bits per heavy atom. The van der Waals surface area contributed by atoms with E-state index in [1.54, 1.807) is 0 Å². The highest BCUT2D eigenvalue weighted by molar-refractivity contribution is 14.1. The van der Waals surface area contributed by atoms with Gasteiger partial charge in [0.25, 0.3) is 0 Å². The van der Waals surface area contributed by atoms with Gasteiger partial charge in [-0.25, -0.2) is 0 Å². The lowest BCUT2D eigenvalue weighted by Crippen LogP contribution is -1.90. The van der Waals surface area contributed by atoms with Gasteiger partial charge >= 0.3 is 0 Å². The van der Waals surface area contributed by atoms with Crippen LogP contribution in [-0.4, -0.2) is 19.2 Å². The maximum absolute atomic E-state index is 9.66. The molecule has 0 fully saturated rings. The molecule has 0 radical (unpaired) electrons. The molecule has 0 heterocycles. The van der Waals surface area contributed by atoms with E-state index in [2.05, 4.69) is 34.0 Å². The number of hydrogen-bond acceptors (Lipinski definition) is 2. The summed E-state index contributed by atoms with van der Waals surface area (Å²) >= 11 is 2.19. The topological polar surface area (TPSA) is 32.3 Å². The molecule has 15 heavy (non-hydrogen) atoms. The number of phenols is 1. The molecule has 0 bridgehead atoms. The zero-order valence-electron chi connectivity index (χ0n) is 9.52. The Kier molecular flexibility index (Phi) is 4.86. The summed E-state index contributed by atoms with van der Waals surface area (Å²) in [7, 11) is 3.75. The second-order valence-corrected chi connectivity index (χ2v) is 4.99. The lowest BCUT2D eigenvalue weighted by Gasteiger charge is -2.07. The second-order valence-electron chi connectivity index (χ2n) is 3.82. The standard InChI is InChI=1S/C10H11IO.C2H7N/c1-6-8-4-2-3-7(8)5-9(11)10(6)12;1-3-2/h5,12H,2-4H2,1H3;3H,1-2H3. The van der Waals surface area contributed by atoms with Crippen LogP contribution in [0.2, 0.25) is 0 Å². The summed E-state index contributed by atoms with van der Waals surface area (Å²) in [6.07, 6.45) is 3.58. The van der Waals surface area contributed by atoms with Crippen molar-refractivity contribution in [2.75, 3.05) is 14.1 Å². The molecule has 0 atom stereocenters. The molecule has 0 unspecified atom stereocenters. The van der Waals surface area contributed by atoms with Crippen molar-refractivity contribution in [3.8, 4) is 5.75 Å². The molecule has 1 aliphatic rings. The van der Waals surface area contributed by atoms with E-state index in [1.165, 1.54) is 24.0 Å². The van der Waals surface area contributed by atoms with Crippen molar-refractivity contribution in [1.82, 2.24) is 5.32 Å². The SMILES string of the molecule is CNC.Cc1c(O)c(I)cc2c1CCC2. The lowest BCUT2D eigenvalue weighted by atomic mass is 10.0. The molecule has 2 nitrogen and oxygen atoms in total. The number of nitrogens with one attached hydrogen (secondary N) is 1. The number of fused-ring (bicyclic) bond motifs is 1. The first-order chi connectivity index (χ1) is 7.11. The summed E-state index contributed by atoms with van der Waals surface area (Å²) in [6.45, 7) is 2.02. The predicted molar refractivity (Wildman–Crippen MR) is 72.6 cm³/mol. The molecule has 1 aliphatic carbocycles. The highest BCUT2D eigenvalue weighted by Crippen LogP contribution is 2.34. The minimum Gasteiger partial charge on any atom is -0.507 e. The maximum atomic E-state index is 9.66. The van der Waals surface area contributed by atoms with Gasteiger partial charge in [0, 0.05) is 0 Å². The third-order valence-corrected chi connectivity index (χ3v) is 3.42. The van der Waals surface area contributed by atoms with Gasteiger partial charge in [0.1, 0.15) is 5.75 Å². The average molecular weight is 319 g/mol. The zero-order chi connectivity index (χ0) is 11.4. The van der Waals surface area contributed by atoms with Crippen LogP contribution < -0.4 is 5.32 Å². The molecule has 3 heteroatoms. The van der Waals surface area contributed by atoms with Gasteiger partial charge in [-0.2, -0.15) is 0 Å². The largest absolute Gasteiger partial charge is 0.507 e. The van der Waals surface area contributed by atoms with Crippen molar-refractivity contribution < 1.29 is 5.11 Å². The minimum absolute atomic E-state index is 0.483. The number of hydrogen-bond donors (Lipinski definition) is 2. The highest BCUT2D eigenvalue weighted by Gasteiger charge is 2.17. The smallest absolute Gasteiger partial charge is 0.132 e. The summed E-state index contributed by atoms with van der Waals surface area (Å²) in [5, 5.41) is 12.4. The lowest BCUT2D eigenvalue weighted by molar-refractivity contribution is 0.466. The predicted octanol–water partition coefficient (Wildman–Crippen LogP) is 2.63. The van der Waals surface area contributed by atoms with Crippen LogP contribution in [0.25, 0.3) is 0 Å². The normalized spacial score (nSPS) is 13.1. The molecule has 0 aliphatic heterocycles. The summed E-state index contributed by atoms with van der Waals surface area (Å²) in [6, 6.07) is 2.12. The second kappa shape index (κ2) is 5.70. The van der Waals surface area contributed by atoms with Crippen LogP contribution in [-0.2, 0) is 12.8 Å². The quantitative estimate of drug-likeness (QED) is 0.721. The number of rotatable bonds is 0. The van der Waals surface area contributed by atoms with Crippen LogP contribution >= 0.6 is 22.6 Å². The molecule has 0 saturated carbocycles. The van der Waals surface area contributed by atoms with Gasteiger partial charge < -0.3 is 10.4 Å². The first-order valence-corrected chi connectivity index (χ1v) is 6.28. The summed E-state index contributed by atoms with van der Waals surface area (Å²) in [4.78, 5) is 0. The van der Waals surface area contributed by atoms with Crippen LogP contribution in [0.5, 0.6) is 5.75 Å². The highest BCUT2D eigenvalue weighted by atomic mass is 127. The van der Waals surface area contributed by atoms with Crippen molar-refractivity contribution in [3.05, 3.63) is 26.3 Å². The Hall–Kier alpha value is -0.290. The van der Waals surface area contributed by atoms with E-state index in [4.69, 9.17) is 0 Å². The number of aryl methyl sites for hydroxylation is 1. The molecule has 0 saturated heterocycles.